The highest BCUT2D eigenvalue weighted by Gasteiger charge is 2.41. The lowest BCUT2D eigenvalue weighted by Crippen LogP contribution is -2.39. The Kier molecular flexibility index (Phi) is 8.05. The molecule has 1 saturated heterocycles. The molecule has 170 valence electrons. The minimum absolute atomic E-state index is 0.0491. The number of aliphatic carboxylic acids is 1. The fraction of sp³-hybridized carbons (Fsp3) is 0.722. The van der Waals surface area contributed by atoms with Crippen LogP contribution in [-0.4, -0.2) is 61.3 Å². The molecular weight excluding hydrogens is 423 g/mol. The van der Waals surface area contributed by atoms with Gasteiger partial charge in [-0.15, -0.1) is 0 Å². The molecule has 1 aliphatic rings. The Hall–Kier alpha value is -1.92. The van der Waals surface area contributed by atoms with Crippen LogP contribution in [0.2, 0.25) is 25.7 Å². The van der Waals surface area contributed by atoms with Gasteiger partial charge in [0.25, 0.3) is 5.56 Å². The van der Waals surface area contributed by atoms with Gasteiger partial charge in [0.1, 0.15) is 18.9 Å². The molecule has 2 heterocycles. The minimum Gasteiger partial charge on any atom is -0.480 e. The van der Waals surface area contributed by atoms with Crippen LogP contribution in [0.3, 0.4) is 0 Å². The van der Waals surface area contributed by atoms with E-state index in [1.165, 1.54) is 4.90 Å². The van der Waals surface area contributed by atoms with Gasteiger partial charge >= 0.3 is 12.1 Å². The zero-order valence-corrected chi connectivity index (χ0v) is 18.4. The highest BCUT2D eigenvalue weighted by molar-refractivity contribution is 6.76. The third-order valence-corrected chi connectivity index (χ3v) is 6.44. The first-order valence-corrected chi connectivity index (χ1v) is 13.4. The van der Waals surface area contributed by atoms with Crippen molar-refractivity contribution in [3.8, 4) is 0 Å². The van der Waals surface area contributed by atoms with Crippen LogP contribution < -0.4 is 10.5 Å². The highest BCUT2D eigenvalue weighted by atomic mass is 28.3. The molecule has 1 aromatic rings. The molecule has 1 N–H and O–H groups in total. The van der Waals surface area contributed by atoms with Crippen molar-refractivity contribution in [3.05, 3.63) is 22.1 Å². The van der Waals surface area contributed by atoms with Crippen molar-refractivity contribution in [3.63, 3.8) is 0 Å². The van der Waals surface area contributed by atoms with E-state index in [9.17, 15) is 22.8 Å². The lowest BCUT2D eigenvalue weighted by atomic mass is 10.2. The molecule has 8 nitrogen and oxygen atoms in total. The summed E-state index contributed by atoms with van der Waals surface area (Å²) in [7, 11) is -1.37. The molecule has 0 aliphatic carbocycles. The molecule has 2 rings (SSSR count). The molecule has 30 heavy (non-hydrogen) atoms. The van der Waals surface area contributed by atoms with Gasteiger partial charge in [-0.2, -0.15) is 18.3 Å². The second-order valence-corrected chi connectivity index (χ2v) is 14.1. The van der Waals surface area contributed by atoms with Crippen LogP contribution in [0, 0.1) is 0 Å². The monoisotopic (exact) mass is 451 g/mol. The summed E-state index contributed by atoms with van der Waals surface area (Å²) in [5, 5.41) is 12.6. The summed E-state index contributed by atoms with van der Waals surface area (Å²) >= 11 is 0. The predicted molar refractivity (Wildman–Crippen MR) is 106 cm³/mol. The third-order valence-electron chi connectivity index (χ3n) is 4.74. The van der Waals surface area contributed by atoms with Crippen LogP contribution in [0.5, 0.6) is 0 Å². The van der Waals surface area contributed by atoms with E-state index in [1.54, 1.807) is 0 Å². The molecule has 1 aromatic heterocycles. The van der Waals surface area contributed by atoms with Crippen molar-refractivity contribution in [2.75, 3.05) is 31.3 Å². The molecule has 1 aliphatic heterocycles. The van der Waals surface area contributed by atoms with Crippen LogP contribution in [0.25, 0.3) is 0 Å². The highest BCUT2D eigenvalue weighted by Crippen LogP contribution is 2.36. The summed E-state index contributed by atoms with van der Waals surface area (Å²) in [6, 6.07) is 0.355. The van der Waals surface area contributed by atoms with Gasteiger partial charge in [-0.25, -0.2) is 9.48 Å². The van der Waals surface area contributed by atoms with E-state index in [1.807, 2.05) is 0 Å². The number of rotatable bonds is 10. The zero-order valence-electron chi connectivity index (χ0n) is 17.4. The summed E-state index contributed by atoms with van der Waals surface area (Å²) < 4.78 is 52.4. The topological polar surface area (TPSA) is 93.9 Å². The fourth-order valence-electron chi connectivity index (χ4n) is 3.19. The number of carboxylic acid groups (broad SMARTS) is 1. The van der Waals surface area contributed by atoms with Crippen molar-refractivity contribution in [1.29, 1.82) is 0 Å². The van der Waals surface area contributed by atoms with Gasteiger partial charge in [0, 0.05) is 21.2 Å². The van der Waals surface area contributed by atoms with Crippen LogP contribution in [0.15, 0.2) is 11.0 Å². The third kappa shape index (κ3) is 6.81. The van der Waals surface area contributed by atoms with Crippen LogP contribution in [0.4, 0.5) is 18.9 Å². The van der Waals surface area contributed by atoms with E-state index in [2.05, 4.69) is 24.7 Å². The minimum atomic E-state index is -4.87. The fourth-order valence-corrected chi connectivity index (χ4v) is 3.95. The largest absolute Gasteiger partial charge is 0.480 e. The van der Waals surface area contributed by atoms with E-state index >= 15 is 0 Å². The first-order valence-electron chi connectivity index (χ1n) is 9.71. The van der Waals surface area contributed by atoms with Crippen molar-refractivity contribution in [1.82, 2.24) is 9.78 Å². The van der Waals surface area contributed by atoms with Gasteiger partial charge in [0.15, 0.2) is 0 Å². The molecule has 0 unspecified atom stereocenters. The van der Waals surface area contributed by atoms with Crippen LogP contribution >= 0.6 is 0 Å². The Morgan fingerprint density at radius 3 is 2.63 bits per heavy atom. The van der Waals surface area contributed by atoms with Crippen molar-refractivity contribution in [2.45, 2.75) is 57.5 Å². The number of carboxylic acids is 1. The lowest BCUT2D eigenvalue weighted by Gasteiger charge is -2.28. The molecule has 1 atom stereocenters. The quantitative estimate of drug-likeness (QED) is 0.432. The Bertz CT molecular complexity index is 795. The molecule has 0 aromatic carbocycles. The summed E-state index contributed by atoms with van der Waals surface area (Å²) in [5.74, 6) is -1.16. The number of nitrogens with zero attached hydrogens (tertiary/aromatic N) is 3. The summed E-state index contributed by atoms with van der Waals surface area (Å²) in [6.45, 7) is 6.14. The molecule has 12 heteroatoms. The van der Waals surface area contributed by atoms with Crippen molar-refractivity contribution < 1.29 is 32.5 Å². The molecule has 0 spiro atoms. The number of hydrogen-bond acceptors (Lipinski definition) is 6. The predicted octanol–water partition coefficient (Wildman–Crippen LogP) is 2.64. The van der Waals surface area contributed by atoms with E-state index in [-0.39, 0.29) is 19.0 Å². The second-order valence-electron chi connectivity index (χ2n) is 8.45. The number of carbonyl (C=O) groups is 1. The first-order chi connectivity index (χ1) is 13.9. The Labute approximate surface area is 173 Å². The number of halogens is 3. The van der Waals surface area contributed by atoms with Gasteiger partial charge in [-0.05, 0) is 18.9 Å². The van der Waals surface area contributed by atoms with E-state index in [0.29, 0.717) is 30.7 Å². The molecule has 1 fully saturated rings. The van der Waals surface area contributed by atoms with Crippen LogP contribution in [-0.2, 0) is 27.2 Å². The first kappa shape index (κ1) is 24.3. The maximum absolute atomic E-state index is 13.8. The van der Waals surface area contributed by atoms with E-state index in [0.717, 1.165) is 12.2 Å². The smallest absolute Gasteiger partial charge is 0.423 e. The standard InChI is InChI=1S/C18H28F3N3O5Si/c1-30(2,3)8-7-28-12-24-17(27)16(18(19,20)21)14(9-22-24)23-6-4-5-13(23)10-29-11-15(25)26/h9,13H,4-8,10-12H2,1-3H3,(H,25,26)/t13-/m0/s1. The van der Waals surface area contributed by atoms with Gasteiger partial charge < -0.3 is 19.5 Å². The summed E-state index contributed by atoms with van der Waals surface area (Å²) in [6.07, 6.45) is -2.72. The maximum atomic E-state index is 13.8. The average Bonchev–Trinajstić information content (AvgIpc) is 3.05. The van der Waals surface area contributed by atoms with Crippen LogP contribution in [0.1, 0.15) is 18.4 Å². The van der Waals surface area contributed by atoms with Gasteiger partial charge in [0.05, 0.1) is 24.5 Å². The van der Waals surface area contributed by atoms with Gasteiger partial charge in [-0.1, -0.05) is 19.6 Å². The molecule has 0 bridgehead atoms. The number of aromatic nitrogens is 2. The molecule has 0 amide bonds. The van der Waals surface area contributed by atoms with Crippen molar-refractivity contribution >= 4 is 19.7 Å². The zero-order chi connectivity index (χ0) is 22.5. The number of anilines is 1. The Balaban J connectivity index is 2.22. The molecule has 0 radical (unpaired) electrons. The van der Waals surface area contributed by atoms with Gasteiger partial charge in [0.2, 0.25) is 0 Å². The second kappa shape index (κ2) is 9.92. The van der Waals surface area contributed by atoms with E-state index < -0.39 is 44.0 Å². The molecular formula is C18H28F3N3O5Si. The van der Waals surface area contributed by atoms with Crippen molar-refractivity contribution in [2.24, 2.45) is 0 Å². The lowest BCUT2D eigenvalue weighted by molar-refractivity contribution is -0.142. The number of alkyl halides is 3. The molecule has 0 saturated carbocycles. The SMILES string of the molecule is C[Si](C)(C)CCOCn1ncc(N2CCC[C@H]2COCC(=O)O)c(C(F)(F)F)c1=O. The maximum Gasteiger partial charge on any atom is 0.423 e. The Morgan fingerprint density at radius 2 is 2.03 bits per heavy atom. The van der Waals surface area contributed by atoms with Gasteiger partial charge in [-0.3, -0.25) is 4.79 Å². The summed E-state index contributed by atoms with van der Waals surface area (Å²) in [5.41, 5.74) is -2.87. The summed E-state index contributed by atoms with van der Waals surface area (Å²) in [4.78, 5) is 24.6. The number of ether oxygens (including phenoxy) is 2. The Morgan fingerprint density at radius 1 is 1.33 bits per heavy atom. The average molecular weight is 452 g/mol. The normalized spacial score (nSPS) is 17.5. The number of hydrogen-bond donors (Lipinski definition) is 1. The van der Waals surface area contributed by atoms with E-state index in [4.69, 9.17) is 14.6 Å².